The zero-order chi connectivity index (χ0) is 27.0. The highest BCUT2D eigenvalue weighted by Crippen LogP contribution is 2.43. The summed E-state index contributed by atoms with van der Waals surface area (Å²) in [6.07, 6.45) is -4.95. The number of amides is 2. The molecule has 208 valence electrons. The average molecular weight is 586 g/mol. The number of urea groups is 1. The standard InChI is InChI=1S/C25H23ClF3N5O4.ClH/c26-18-10-19-23(32-22(18)14-3-1-4-15(9-14)25(27,28)29)34(16-7-8-33(19)11-16)24(37)31-20-5-2-6-21(30-20)38-13-17(36)12-35;/h1-6,9-10,16-17,35-36H,7-8,11-13H2,(H,30,31,37);1H/t16-,17-;/m0./s1. The van der Waals surface area contributed by atoms with E-state index in [4.69, 9.17) is 21.4 Å². The molecule has 0 radical (unpaired) electrons. The Hall–Kier alpha value is -3.32. The molecule has 1 saturated heterocycles. The summed E-state index contributed by atoms with van der Waals surface area (Å²) in [5.74, 6) is 0.602. The van der Waals surface area contributed by atoms with Crippen LogP contribution in [-0.4, -0.2) is 64.7 Å². The number of rotatable bonds is 6. The van der Waals surface area contributed by atoms with Crippen LogP contribution in [0.4, 0.5) is 35.3 Å². The first-order valence-electron chi connectivity index (χ1n) is 11.8. The highest BCUT2D eigenvalue weighted by Gasteiger charge is 2.41. The number of halogens is 5. The predicted octanol–water partition coefficient (Wildman–Crippen LogP) is 4.60. The van der Waals surface area contributed by atoms with Crippen LogP contribution in [0.3, 0.4) is 0 Å². The smallest absolute Gasteiger partial charge is 0.416 e. The molecular weight excluding hydrogens is 562 g/mol. The van der Waals surface area contributed by atoms with E-state index in [2.05, 4.69) is 15.3 Å². The number of hydrogen-bond acceptors (Lipinski definition) is 7. The Kier molecular flexibility index (Phi) is 8.40. The van der Waals surface area contributed by atoms with Crippen molar-refractivity contribution in [3.05, 3.63) is 59.1 Å². The zero-order valence-electron chi connectivity index (χ0n) is 20.2. The van der Waals surface area contributed by atoms with E-state index in [9.17, 15) is 23.1 Å². The number of carbonyl (C=O) groups is 1. The molecule has 0 saturated carbocycles. The molecular formula is C25H24Cl2F3N5O4. The third-order valence-electron chi connectivity index (χ3n) is 6.31. The lowest BCUT2D eigenvalue weighted by atomic mass is 10.1. The van der Waals surface area contributed by atoms with Crippen molar-refractivity contribution in [1.82, 2.24) is 9.97 Å². The predicted molar refractivity (Wildman–Crippen MR) is 142 cm³/mol. The van der Waals surface area contributed by atoms with Crippen LogP contribution in [0.15, 0.2) is 48.5 Å². The number of nitrogens with zero attached hydrogens (tertiary/aromatic N) is 4. The van der Waals surface area contributed by atoms with E-state index in [0.717, 1.165) is 12.1 Å². The quantitative estimate of drug-likeness (QED) is 0.387. The molecule has 3 N–H and O–H groups in total. The molecule has 2 aliphatic rings. The summed E-state index contributed by atoms with van der Waals surface area (Å²) >= 11 is 6.49. The third kappa shape index (κ3) is 5.98. The van der Waals surface area contributed by atoms with Crippen molar-refractivity contribution in [2.24, 2.45) is 0 Å². The number of anilines is 3. The van der Waals surface area contributed by atoms with Gasteiger partial charge in [-0.15, -0.1) is 12.4 Å². The zero-order valence-corrected chi connectivity index (χ0v) is 21.8. The van der Waals surface area contributed by atoms with Gasteiger partial charge in [-0.25, -0.2) is 9.78 Å². The third-order valence-corrected chi connectivity index (χ3v) is 6.60. The summed E-state index contributed by atoms with van der Waals surface area (Å²) in [6.45, 7) is 0.568. The molecule has 3 aromatic rings. The molecule has 2 bridgehead atoms. The maximum absolute atomic E-state index is 13.5. The second kappa shape index (κ2) is 11.4. The Morgan fingerprint density at radius 3 is 2.72 bits per heavy atom. The lowest BCUT2D eigenvalue weighted by Gasteiger charge is -2.36. The molecule has 39 heavy (non-hydrogen) atoms. The van der Waals surface area contributed by atoms with E-state index in [1.54, 1.807) is 18.2 Å². The van der Waals surface area contributed by atoms with Crippen molar-refractivity contribution in [3.63, 3.8) is 0 Å². The number of alkyl halides is 3. The molecule has 14 heteroatoms. The van der Waals surface area contributed by atoms with Gasteiger partial charge in [0.05, 0.1) is 34.6 Å². The molecule has 2 atom stereocenters. The van der Waals surface area contributed by atoms with Gasteiger partial charge < -0.3 is 19.8 Å². The van der Waals surface area contributed by atoms with E-state index in [1.165, 1.54) is 23.1 Å². The van der Waals surface area contributed by atoms with Gasteiger partial charge in [-0.05, 0) is 30.7 Å². The number of ether oxygens (including phenoxy) is 1. The molecule has 9 nitrogen and oxygen atoms in total. The largest absolute Gasteiger partial charge is 0.475 e. The number of nitrogens with one attached hydrogen (secondary N) is 1. The summed E-state index contributed by atoms with van der Waals surface area (Å²) in [6, 6.07) is 10.3. The number of hydrogen-bond donors (Lipinski definition) is 3. The van der Waals surface area contributed by atoms with Crippen molar-refractivity contribution in [1.29, 1.82) is 0 Å². The maximum atomic E-state index is 13.5. The Balaban J connectivity index is 0.00000353. The number of fused-ring (bicyclic) bond motifs is 4. The van der Waals surface area contributed by atoms with E-state index >= 15 is 0 Å². The van der Waals surface area contributed by atoms with E-state index < -0.39 is 30.5 Å². The van der Waals surface area contributed by atoms with Gasteiger partial charge in [0, 0.05) is 24.7 Å². The van der Waals surface area contributed by atoms with Crippen LogP contribution in [-0.2, 0) is 6.18 Å². The van der Waals surface area contributed by atoms with Crippen LogP contribution in [0.5, 0.6) is 5.88 Å². The molecule has 2 aromatic heterocycles. The van der Waals surface area contributed by atoms with Gasteiger partial charge in [-0.2, -0.15) is 18.2 Å². The highest BCUT2D eigenvalue weighted by atomic mass is 35.5. The molecule has 4 heterocycles. The number of carbonyl (C=O) groups excluding carboxylic acids is 1. The normalized spacial score (nSPS) is 16.8. The van der Waals surface area contributed by atoms with Crippen molar-refractivity contribution in [2.45, 2.75) is 24.7 Å². The number of pyridine rings is 2. The Morgan fingerprint density at radius 2 is 1.97 bits per heavy atom. The van der Waals surface area contributed by atoms with Gasteiger partial charge in [0.15, 0.2) is 5.82 Å². The lowest BCUT2D eigenvalue weighted by Crippen LogP contribution is -2.48. The molecule has 0 aliphatic carbocycles. The molecule has 0 unspecified atom stereocenters. The number of aromatic nitrogens is 2. The summed E-state index contributed by atoms with van der Waals surface area (Å²) in [5, 5.41) is 21.3. The van der Waals surface area contributed by atoms with Crippen LogP contribution in [0.2, 0.25) is 5.02 Å². The van der Waals surface area contributed by atoms with Crippen LogP contribution >= 0.6 is 24.0 Å². The molecule has 1 fully saturated rings. The summed E-state index contributed by atoms with van der Waals surface area (Å²) in [5.41, 5.74) is 0.0895. The first-order valence-corrected chi connectivity index (χ1v) is 12.1. The van der Waals surface area contributed by atoms with E-state index in [-0.39, 0.29) is 58.9 Å². The fourth-order valence-corrected chi connectivity index (χ4v) is 4.75. The molecule has 2 amide bonds. The minimum atomic E-state index is -4.53. The Labute approximate surface area is 232 Å². The van der Waals surface area contributed by atoms with Crippen molar-refractivity contribution < 1.29 is 32.9 Å². The van der Waals surface area contributed by atoms with Crippen molar-refractivity contribution in [3.8, 4) is 17.1 Å². The number of aliphatic hydroxyl groups excluding tert-OH is 2. The van der Waals surface area contributed by atoms with Crippen LogP contribution in [0, 0.1) is 0 Å². The lowest BCUT2D eigenvalue weighted by molar-refractivity contribution is -0.137. The van der Waals surface area contributed by atoms with Gasteiger partial charge in [0.1, 0.15) is 18.5 Å². The number of benzene rings is 1. The molecule has 0 spiro atoms. The minimum Gasteiger partial charge on any atom is -0.475 e. The first kappa shape index (κ1) is 28.7. The van der Waals surface area contributed by atoms with E-state index in [1.807, 2.05) is 4.90 Å². The van der Waals surface area contributed by atoms with Gasteiger partial charge in [-0.1, -0.05) is 29.8 Å². The van der Waals surface area contributed by atoms with Gasteiger partial charge in [-0.3, -0.25) is 10.2 Å². The highest BCUT2D eigenvalue weighted by molar-refractivity contribution is 6.33. The van der Waals surface area contributed by atoms with E-state index in [0.29, 0.717) is 25.2 Å². The SMILES string of the molecule is Cl.O=C(Nc1cccc(OC[C@@H](O)CO)n1)N1c2nc(-c3cccc(C(F)(F)F)c3)c(Cl)cc2N2CC[C@H]1C2. The van der Waals surface area contributed by atoms with Crippen LogP contribution in [0.25, 0.3) is 11.3 Å². The molecule has 2 aliphatic heterocycles. The van der Waals surface area contributed by atoms with Crippen molar-refractivity contribution in [2.75, 3.05) is 41.4 Å². The van der Waals surface area contributed by atoms with Crippen LogP contribution in [0.1, 0.15) is 12.0 Å². The Morgan fingerprint density at radius 1 is 1.21 bits per heavy atom. The molecule has 5 rings (SSSR count). The Bertz CT molecular complexity index is 1360. The first-order chi connectivity index (χ1) is 18.1. The summed E-state index contributed by atoms with van der Waals surface area (Å²) in [7, 11) is 0. The number of aliphatic hydroxyl groups is 2. The molecule has 1 aromatic carbocycles. The second-order valence-corrected chi connectivity index (χ2v) is 9.34. The van der Waals surface area contributed by atoms with Gasteiger partial charge >= 0.3 is 12.2 Å². The fraction of sp³-hybridized carbons (Fsp3) is 0.320. The average Bonchev–Trinajstić information content (AvgIpc) is 3.31. The topological polar surface area (TPSA) is 111 Å². The summed E-state index contributed by atoms with van der Waals surface area (Å²) < 4.78 is 45.3. The fourth-order valence-electron chi connectivity index (χ4n) is 4.50. The summed E-state index contributed by atoms with van der Waals surface area (Å²) in [4.78, 5) is 25.8. The minimum absolute atomic E-state index is 0. The second-order valence-electron chi connectivity index (χ2n) is 8.94. The van der Waals surface area contributed by atoms with Crippen LogP contribution < -0.4 is 19.9 Å². The maximum Gasteiger partial charge on any atom is 0.416 e. The van der Waals surface area contributed by atoms with Gasteiger partial charge in [0.2, 0.25) is 5.88 Å². The van der Waals surface area contributed by atoms with Crippen molar-refractivity contribution >= 4 is 47.4 Å². The van der Waals surface area contributed by atoms with Gasteiger partial charge in [0.25, 0.3) is 0 Å². The monoisotopic (exact) mass is 585 g/mol.